The molecule has 4 N–H and O–H groups in total. The molecular formula is C11H18N2O3S2. The number of nitrogens with two attached hydrogens (primary N) is 1. The van der Waals surface area contributed by atoms with Crippen LogP contribution in [0.4, 0.5) is 5.69 Å². The van der Waals surface area contributed by atoms with Crippen molar-refractivity contribution in [3.8, 4) is 0 Å². The fourth-order valence-corrected chi connectivity index (χ4v) is 3.67. The summed E-state index contributed by atoms with van der Waals surface area (Å²) in [5, 5.41) is 9.00. The van der Waals surface area contributed by atoms with Gasteiger partial charge in [-0.3, -0.25) is 0 Å². The Morgan fingerprint density at radius 2 is 2.22 bits per heavy atom. The van der Waals surface area contributed by atoms with Crippen molar-refractivity contribution in [3.63, 3.8) is 0 Å². The molecule has 0 bridgehead atoms. The Balaban J connectivity index is 2.37. The van der Waals surface area contributed by atoms with E-state index in [0.29, 0.717) is 11.4 Å². The van der Waals surface area contributed by atoms with E-state index < -0.39 is 16.1 Å². The van der Waals surface area contributed by atoms with Gasteiger partial charge in [0, 0.05) is 22.9 Å². The van der Waals surface area contributed by atoms with Crippen LogP contribution in [0.15, 0.2) is 29.2 Å². The van der Waals surface area contributed by atoms with Crippen LogP contribution < -0.4 is 10.5 Å². The highest BCUT2D eigenvalue weighted by molar-refractivity contribution is 8.00. The zero-order valence-electron chi connectivity index (χ0n) is 10.2. The minimum Gasteiger partial charge on any atom is -0.399 e. The first-order valence-corrected chi connectivity index (χ1v) is 8.16. The van der Waals surface area contributed by atoms with Gasteiger partial charge in [0.1, 0.15) is 0 Å². The van der Waals surface area contributed by atoms with E-state index in [9.17, 15) is 8.42 Å². The number of nitrogen functional groups attached to an aromatic ring is 1. The normalized spacial score (nSPS) is 13.4. The Kier molecular flexibility index (Phi) is 5.94. The number of aliphatic hydroxyl groups excluding tert-OH is 1. The van der Waals surface area contributed by atoms with E-state index in [1.54, 1.807) is 12.1 Å². The van der Waals surface area contributed by atoms with E-state index in [1.807, 2.05) is 12.1 Å². The van der Waals surface area contributed by atoms with Crippen LogP contribution in [0, 0.1) is 0 Å². The molecule has 0 aromatic heterocycles. The summed E-state index contributed by atoms with van der Waals surface area (Å²) in [7, 11) is -3.32. The second-order valence-corrected chi connectivity index (χ2v) is 7.03. The molecule has 0 saturated heterocycles. The lowest BCUT2D eigenvalue weighted by Crippen LogP contribution is -2.33. The first-order chi connectivity index (χ1) is 8.39. The third-order valence-corrected chi connectivity index (χ3v) is 4.68. The smallest absolute Gasteiger partial charge is 0.212 e. The van der Waals surface area contributed by atoms with Crippen LogP contribution >= 0.6 is 11.8 Å². The summed E-state index contributed by atoms with van der Waals surface area (Å²) in [6.45, 7) is 1.58. The molecule has 5 nitrogen and oxygen atoms in total. The van der Waals surface area contributed by atoms with Gasteiger partial charge in [0.25, 0.3) is 0 Å². The van der Waals surface area contributed by atoms with Crippen LogP contribution in [0.25, 0.3) is 0 Å². The zero-order valence-corrected chi connectivity index (χ0v) is 11.8. The van der Waals surface area contributed by atoms with Gasteiger partial charge in [0.2, 0.25) is 10.0 Å². The molecule has 0 radical (unpaired) electrons. The van der Waals surface area contributed by atoms with Crippen molar-refractivity contribution < 1.29 is 13.5 Å². The minimum atomic E-state index is -3.32. The third kappa shape index (κ3) is 6.25. The predicted octanol–water partition coefficient (Wildman–Crippen LogP) is 0.661. The van der Waals surface area contributed by atoms with E-state index in [2.05, 4.69) is 4.72 Å². The van der Waals surface area contributed by atoms with Gasteiger partial charge < -0.3 is 10.8 Å². The molecular weight excluding hydrogens is 272 g/mol. The molecule has 0 unspecified atom stereocenters. The lowest BCUT2D eigenvalue weighted by molar-refractivity contribution is 0.198. The van der Waals surface area contributed by atoms with Crippen molar-refractivity contribution >= 4 is 27.5 Å². The topological polar surface area (TPSA) is 92.4 Å². The molecule has 0 fully saturated rings. The fourth-order valence-electron chi connectivity index (χ4n) is 1.19. The summed E-state index contributed by atoms with van der Waals surface area (Å²) >= 11 is 1.43. The fraction of sp³-hybridized carbons (Fsp3) is 0.455. The number of benzene rings is 1. The van der Waals surface area contributed by atoms with Crippen molar-refractivity contribution in [3.05, 3.63) is 24.3 Å². The molecule has 102 valence electrons. The van der Waals surface area contributed by atoms with Crippen molar-refractivity contribution in [1.29, 1.82) is 0 Å². The molecule has 1 atom stereocenters. The van der Waals surface area contributed by atoms with E-state index >= 15 is 0 Å². The predicted molar refractivity (Wildman–Crippen MR) is 75.0 cm³/mol. The number of hydrogen-bond donors (Lipinski definition) is 3. The largest absolute Gasteiger partial charge is 0.399 e. The number of thioether (sulfide) groups is 1. The number of anilines is 1. The Labute approximate surface area is 112 Å². The third-order valence-electron chi connectivity index (χ3n) is 2.08. The lowest BCUT2D eigenvalue weighted by Gasteiger charge is -2.08. The average molecular weight is 290 g/mol. The molecule has 0 amide bonds. The molecule has 0 aliphatic heterocycles. The summed E-state index contributed by atoms with van der Waals surface area (Å²) in [6, 6.07) is 7.31. The molecule has 1 aromatic carbocycles. The van der Waals surface area contributed by atoms with E-state index in [1.165, 1.54) is 18.7 Å². The Hall–Kier alpha value is -0.760. The van der Waals surface area contributed by atoms with Crippen molar-refractivity contribution in [2.45, 2.75) is 17.9 Å². The van der Waals surface area contributed by atoms with Crippen LogP contribution in [0.5, 0.6) is 0 Å². The quantitative estimate of drug-likeness (QED) is 0.507. The highest BCUT2D eigenvalue weighted by Crippen LogP contribution is 2.20. The average Bonchev–Trinajstić information content (AvgIpc) is 2.26. The number of aliphatic hydroxyl groups is 1. The van der Waals surface area contributed by atoms with Crippen molar-refractivity contribution in [2.24, 2.45) is 0 Å². The Morgan fingerprint density at radius 1 is 1.50 bits per heavy atom. The van der Waals surface area contributed by atoms with Crippen LogP contribution in [0.1, 0.15) is 6.92 Å². The van der Waals surface area contributed by atoms with Gasteiger partial charge in [-0.1, -0.05) is 6.07 Å². The second kappa shape index (κ2) is 6.98. The summed E-state index contributed by atoms with van der Waals surface area (Å²) in [5.41, 5.74) is 6.29. The SMILES string of the molecule is C[C@H](O)CNS(=O)(=O)CCSc1cccc(N)c1. The maximum Gasteiger partial charge on any atom is 0.212 e. The molecule has 0 heterocycles. The first kappa shape index (κ1) is 15.3. The van der Waals surface area contributed by atoms with Gasteiger partial charge in [-0.2, -0.15) is 0 Å². The maximum absolute atomic E-state index is 11.5. The lowest BCUT2D eigenvalue weighted by atomic mass is 10.3. The molecule has 0 aliphatic rings. The minimum absolute atomic E-state index is 0.0131. The van der Waals surface area contributed by atoms with Gasteiger partial charge in [0.05, 0.1) is 11.9 Å². The standard InChI is InChI=1S/C11H18N2O3S2/c1-9(14)8-13-18(15,16)6-5-17-11-4-2-3-10(12)7-11/h2-4,7,9,13-14H,5-6,8,12H2,1H3/t9-/m0/s1. The highest BCUT2D eigenvalue weighted by atomic mass is 32.2. The number of sulfonamides is 1. The monoisotopic (exact) mass is 290 g/mol. The van der Waals surface area contributed by atoms with Gasteiger partial charge in [0.15, 0.2) is 0 Å². The first-order valence-electron chi connectivity index (χ1n) is 5.53. The van der Waals surface area contributed by atoms with Gasteiger partial charge in [-0.05, 0) is 25.1 Å². The van der Waals surface area contributed by atoms with Crippen LogP contribution in [-0.4, -0.2) is 37.7 Å². The van der Waals surface area contributed by atoms with E-state index in [-0.39, 0.29) is 12.3 Å². The highest BCUT2D eigenvalue weighted by Gasteiger charge is 2.10. The van der Waals surface area contributed by atoms with E-state index in [0.717, 1.165) is 4.90 Å². The molecule has 0 aliphatic carbocycles. The van der Waals surface area contributed by atoms with Crippen LogP contribution in [-0.2, 0) is 10.0 Å². The van der Waals surface area contributed by atoms with Gasteiger partial charge in [-0.25, -0.2) is 13.1 Å². The molecule has 18 heavy (non-hydrogen) atoms. The maximum atomic E-state index is 11.5. The Morgan fingerprint density at radius 3 is 2.83 bits per heavy atom. The Bertz CT molecular complexity index is 475. The van der Waals surface area contributed by atoms with Crippen LogP contribution in [0.2, 0.25) is 0 Å². The second-order valence-electron chi connectivity index (χ2n) is 3.94. The molecule has 1 rings (SSSR count). The van der Waals surface area contributed by atoms with Crippen molar-refractivity contribution in [2.75, 3.05) is 23.8 Å². The van der Waals surface area contributed by atoms with Gasteiger partial charge in [-0.15, -0.1) is 11.8 Å². The van der Waals surface area contributed by atoms with Crippen LogP contribution in [0.3, 0.4) is 0 Å². The zero-order chi connectivity index (χ0) is 13.6. The number of rotatable bonds is 7. The summed E-state index contributed by atoms with van der Waals surface area (Å²) in [5.74, 6) is 0.456. The van der Waals surface area contributed by atoms with Crippen molar-refractivity contribution in [1.82, 2.24) is 4.72 Å². The van der Waals surface area contributed by atoms with Gasteiger partial charge >= 0.3 is 0 Å². The number of nitrogens with one attached hydrogen (secondary N) is 1. The molecule has 0 saturated carbocycles. The molecule has 1 aromatic rings. The van der Waals surface area contributed by atoms with E-state index in [4.69, 9.17) is 10.8 Å². The molecule has 0 spiro atoms. The summed E-state index contributed by atoms with van der Waals surface area (Å²) < 4.78 is 25.4. The summed E-state index contributed by atoms with van der Waals surface area (Å²) in [6.07, 6.45) is -0.679. The summed E-state index contributed by atoms with van der Waals surface area (Å²) in [4.78, 5) is 0.945. The molecule has 7 heteroatoms. The number of hydrogen-bond acceptors (Lipinski definition) is 5.